The van der Waals surface area contributed by atoms with Crippen LogP contribution in [0.2, 0.25) is 0 Å². The molecule has 0 aromatic rings. The third-order valence-corrected chi connectivity index (χ3v) is 6.28. The van der Waals surface area contributed by atoms with Gasteiger partial charge in [0.2, 0.25) is 0 Å². The summed E-state index contributed by atoms with van der Waals surface area (Å²) in [5.41, 5.74) is -0.772. The van der Waals surface area contributed by atoms with Gasteiger partial charge in [0.25, 0.3) is 6.29 Å². The molecule has 3 aliphatic rings. The van der Waals surface area contributed by atoms with Crippen LogP contribution in [-0.4, -0.2) is 60.7 Å². The highest BCUT2D eigenvalue weighted by molar-refractivity contribution is 5.73. The molecule has 1 saturated heterocycles. The van der Waals surface area contributed by atoms with Crippen molar-refractivity contribution in [3.63, 3.8) is 0 Å². The first-order valence-corrected chi connectivity index (χ1v) is 11.8. The summed E-state index contributed by atoms with van der Waals surface area (Å²) in [7, 11) is 0. The molecule has 3 rings (SSSR count). The highest BCUT2D eigenvalue weighted by atomic mass is 16.7. The molecule has 35 heavy (non-hydrogen) atoms. The second-order valence-electron chi connectivity index (χ2n) is 9.92. The average molecular weight is 495 g/mol. The molecule has 0 N–H and O–H groups in total. The third-order valence-electron chi connectivity index (χ3n) is 6.28. The predicted molar refractivity (Wildman–Crippen MR) is 120 cm³/mol. The highest BCUT2D eigenvalue weighted by Gasteiger charge is 2.68. The van der Waals surface area contributed by atoms with E-state index in [1.165, 1.54) is 20.1 Å². The van der Waals surface area contributed by atoms with Crippen molar-refractivity contribution in [1.29, 1.82) is 0 Å². The maximum Gasteiger partial charge on any atom is 0.310 e. The Morgan fingerprint density at radius 1 is 1.14 bits per heavy atom. The van der Waals surface area contributed by atoms with Crippen molar-refractivity contribution < 1.29 is 47.6 Å². The van der Waals surface area contributed by atoms with E-state index < -0.39 is 53.4 Å². The minimum atomic E-state index is -1.05. The minimum Gasteiger partial charge on any atom is -0.461 e. The van der Waals surface area contributed by atoms with Crippen molar-refractivity contribution in [2.45, 2.75) is 84.4 Å². The van der Waals surface area contributed by atoms with Crippen molar-refractivity contribution in [3.8, 4) is 0 Å². The van der Waals surface area contributed by atoms with Crippen LogP contribution in [0, 0.1) is 11.8 Å². The summed E-state index contributed by atoms with van der Waals surface area (Å²) >= 11 is 0. The number of carbonyl (C=O) groups is 4. The van der Waals surface area contributed by atoms with Crippen LogP contribution in [0.4, 0.5) is 0 Å². The largest absolute Gasteiger partial charge is 0.461 e. The van der Waals surface area contributed by atoms with Gasteiger partial charge in [-0.2, -0.15) is 0 Å². The maximum atomic E-state index is 12.7. The van der Waals surface area contributed by atoms with Crippen molar-refractivity contribution in [1.82, 2.24) is 0 Å². The minimum absolute atomic E-state index is 0.0541. The van der Waals surface area contributed by atoms with Crippen LogP contribution >= 0.6 is 0 Å². The van der Waals surface area contributed by atoms with Crippen molar-refractivity contribution in [2.24, 2.45) is 11.8 Å². The number of carbonyl (C=O) groups excluding carboxylic acids is 4. The first-order chi connectivity index (χ1) is 16.4. The van der Waals surface area contributed by atoms with Crippen LogP contribution < -0.4 is 0 Å². The second kappa shape index (κ2) is 10.4. The Hall–Kier alpha value is -2.88. The van der Waals surface area contributed by atoms with E-state index in [2.05, 4.69) is 0 Å². The van der Waals surface area contributed by atoms with Gasteiger partial charge >= 0.3 is 23.9 Å². The zero-order valence-corrected chi connectivity index (χ0v) is 21.1. The summed E-state index contributed by atoms with van der Waals surface area (Å²) in [6, 6.07) is 0. The lowest BCUT2D eigenvalue weighted by atomic mass is 9.85. The van der Waals surface area contributed by atoms with Gasteiger partial charge in [-0.3, -0.25) is 19.2 Å². The van der Waals surface area contributed by atoms with Gasteiger partial charge in [-0.05, 0) is 31.4 Å². The zero-order valence-electron chi connectivity index (χ0n) is 21.1. The van der Waals surface area contributed by atoms with Gasteiger partial charge in [-0.25, -0.2) is 0 Å². The van der Waals surface area contributed by atoms with Crippen LogP contribution in [0.5, 0.6) is 0 Å². The topological polar surface area (TPSA) is 127 Å². The Balaban J connectivity index is 1.80. The number of esters is 4. The van der Waals surface area contributed by atoms with Crippen LogP contribution in [0.25, 0.3) is 0 Å². The highest BCUT2D eigenvalue weighted by Crippen LogP contribution is 2.54. The van der Waals surface area contributed by atoms with E-state index >= 15 is 0 Å². The summed E-state index contributed by atoms with van der Waals surface area (Å²) in [6.45, 7) is 9.95. The van der Waals surface area contributed by atoms with Crippen LogP contribution in [0.3, 0.4) is 0 Å². The monoisotopic (exact) mass is 494 g/mol. The summed E-state index contributed by atoms with van der Waals surface area (Å²) in [4.78, 5) is 47.9. The Labute approximate surface area is 204 Å². The molecule has 2 aliphatic heterocycles. The smallest absolute Gasteiger partial charge is 0.310 e. The van der Waals surface area contributed by atoms with E-state index in [1.54, 1.807) is 19.9 Å². The number of hydrogen-bond acceptors (Lipinski definition) is 10. The summed E-state index contributed by atoms with van der Waals surface area (Å²) in [5.74, 6) is -2.36. The van der Waals surface area contributed by atoms with Gasteiger partial charge in [-0.15, -0.1) is 0 Å². The third kappa shape index (κ3) is 6.42. The molecule has 5 atom stereocenters. The molecule has 1 spiro atoms. The summed E-state index contributed by atoms with van der Waals surface area (Å²) in [5, 5.41) is 0. The van der Waals surface area contributed by atoms with Gasteiger partial charge in [-0.1, -0.05) is 20.3 Å². The van der Waals surface area contributed by atoms with Gasteiger partial charge in [0.05, 0.1) is 25.2 Å². The van der Waals surface area contributed by atoms with E-state index in [4.69, 9.17) is 28.4 Å². The van der Waals surface area contributed by atoms with Crippen molar-refractivity contribution >= 4 is 23.9 Å². The lowest BCUT2D eigenvalue weighted by molar-refractivity contribution is -0.187. The van der Waals surface area contributed by atoms with Gasteiger partial charge in [0.15, 0.2) is 6.10 Å². The molecule has 10 heteroatoms. The molecule has 0 radical (unpaired) electrons. The van der Waals surface area contributed by atoms with E-state index in [1.807, 2.05) is 13.8 Å². The molecule has 0 saturated carbocycles. The number of rotatable bonds is 10. The normalized spacial score (nSPS) is 27.5. The van der Waals surface area contributed by atoms with Crippen LogP contribution in [0.15, 0.2) is 23.5 Å². The number of epoxide rings is 1. The molecule has 0 amide bonds. The Morgan fingerprint density at radius 2 is 1.83 bits per heavy atom. The fourth-order valence-electron chi connectivity index (χ4n) is 4.34. The maximum absolute atomic E-state index is 12.7. The molecular formula is C25H34O10. The average Bonchev–Trinajstić information content (AvgIpc) is 3.45. The van der Waals surface area contributed by atoms with Gasteiger partial charge < -0.3 is 28.4 Å². The molecule has 0 aromatic carbocycles. The fourth-order valence-corrected chi connectivity index (χ4v) is 4.34. The van der Waals surface area contributed by atoms with Gasteiger partial charge in [0, 0.05) is 25.8 Å². The Morgan fingerprint density at radius 3 is 2.40 bits per heavy atom. The number of ether oxygens (including phenoxy) is 6. The lowest BCUT2D eigenvalue weighted by Gasteiger charge is -2.33. The molecular weight excluding hydrogens is 460 g/mol. The number of hydrogen-bond donors (Lipinski definition) is 0. The van der Waals surface area contributed by atoms with Crippen LogP contribution in [0.1, 0.15) is 60.8 Å². The fraction of sp³-hybridized carbons (Fsp3) is 0.680. The first kappa shape index (κ1) is 26.7. The Kier molecular flexibility index (Phi) is 7.93. The van der Waals surface area contributed by atoms with E-state index in [0.717, 1.165) is 6.42 Å². The summed E-state index contributed by atoms with van der Waals surface area (Å²) < 4.78 is 33.3. The van der Waals surface area contributed by atoms with Crippen LogP contribution in [-0.2, 0) is 47.6 Å². The van der Waals surface area contributed by atoms with E-state index in [-0.39, 0.29) is 32.0 Å². The van der Waals surface area contributed by atoms with Gasteiger partial charge in [0.1, 0.15) is 17.8 Å². The molecule has 0 aromatic heterocycles. The Bertz CT molecular complexity index is 927. The molecule has 1 aliphatic carbocycles. The molecule has 194 valence electrons. The SMILES string of the molecule is CC[C@H](C)CC(=O)O[C@@H]1OC=C(COC(C)=O)C2=C[C@H](OC(=O)CC(C)(C)OC(C)=O)[C@]3(CO3)[C@H]21. The molecule has 10 nitrogen and oxygen atoms in total. The van der Waals surface area contributed by atoms with E-state index in [0.29, 0.717) is 11.1 Å². The summed E-state index contributed by atoms with van der Waals surface area (Å²) in [6.07, 6.45) is 2.26. The van der Waals surface area contributed by atoms with Crippen molar-refractivity contribution in [2.75, 3.05) is 13.2 Å². The molecule has 0 bridgehead atoms. The van der Waals surface area contributed by atoms with E-state index in [9.17, 15) is 19.2 Å². The first-order valence-electron chi connectivity index (χ1n) is 11.8. The quantitative estimate of drug-likeness (QED) is 0.254. The molecule has 0 unspecified atom stereocenters. The number of fused-ring (bicyclic) bond motifs is 2. The second-order valence-corrected chi connectivity index (χ2v) is 9.92. The standard InChI is InChI=1S/C25H34O10/c1-7-14(2)8-20(28)34-23-22-18(17(12-31-23)11-30-15(3)26)9-19(25(22)13-32-25)33-21(29)10-24(5,6)35-16(4)27/h9,12,14,19,22-23H,7-8,10-11,13H2,1-6H3/t14-,19-,22+,23-,25+/m0/s1. The zero-order chi connectivity index (χ0) is 26.0. The molecule has 2 heterocycles. The lowest BCUT2D eigenvalue weighted by Crippen LogP contribution is -2.45. The molecule has 1 fully saturated rings. The predicted octanol–water partition coefficient (Wildman–Crippen LogP) is 2.74. The van der Waals surface area contributed by atoms with Crippen molar-refractivity contribution in [3.05, 3.63) is 23.5 Å².